The highest BCUT2D eigenvalue weighted by molar-refractivity contribution is 7.17. The van der Waals surface area contributed by atoms with Gasteiger partial charge in [0, 0.05) is 6.42 Å². The fraction of sp³-hybridized carbons (Fsp3) is 0.125. The lowest BCUT2D eigenvalue weighted by Crippen LogP contribution is -1.91. The van der Waals surface area contributed by atoms with Crippen LogP contribution in [0.15, 0.2) is 24.6 Å². The van der Waals surface area contributed by atoms with Crippen LogP contribution in [0.25, 0.3) is 0 Å². The van der Waals surface area contributed by atoms with Gasteiger partial charge in [-0.05, 0) is 6.08 Å². The Hall–Kier alpha value is -0.890. The van der Waals surface area contributed by atoms with E-state index in [4.69, 9.17) is 11.6 Å². The van der Waals surface area contributed by atoms with E-state index in [-0.39, 0.29) is 5.78 Å². The van der Waals surface area contributed by atoms with Gasteiger partial charge in [0.25, 0.3) is 0 Å². The summed E-state index contributed by atoms with van der Waals surface area (Å²) in [6, 6.07) is 0. The van der Waals surface area contributed by atoms with Crippen molar-refractivity contribution in [2.75, 3.05) is 0 Å². The molecule has 0 atom stereocenters. The number of rotatable bonds is 3. The molecule has 1 aromatic heterocycles. The quantitative estimate of drug-likeness (QED) is 0.554. The second-order valence-electron chi connectivity index (χ2n) is 2.01. The largest absolute Gasteiger partial charge is 0.293 e. The lowest BCUT2D eigenvalue weighted by Gasteiger charge is -1.86. The fourth-order valence-corrected chi connectivity index (χ4v) is 1.53. The Kier molecular flexibility index (Phi) is 3.23. The zero-order valence-electron chi connectivity index (χ0n) is 6.21. The van der Waals surface area contributed by atoms with Crippen LogP contribution in [0, 0.1) is 0 Å². The molecule has 0 amide bonds. The molecule has 0 radical (unpaired) electrons. The molecule has 0 aliphatic rings. The normalized spacial score (nSPS) is 9.08. The summed E-state index contributed by atoms with van der Waals surface area (Å²) in [6.45, 7) is 3.36. The minimum Gasteiger partial charge on any atom is -0.293 e. The molecule has 12 heavy (non-hydrogen) atoms. The SMILES string of the molecule is C=C=CCC(=O)c1cnc(Cl)s1. The summed E-state index contributed by atoms with van der Waals surface area (Å²) < 4.78 is 0.390. The van der Waals surface area contributed by atoms with E-state index in [0.717, 1.165) is 0 Å². The number of hydrogen-bond acceptors (Lipinski definition) is 3. The van der Waals surface area contributed by atoms with Gasteiger partial charge in [-0.15, -0.1) is 5.73 Å². The summed E-state index contributed by atoms with van der Waals surface area (Å²) in [5.74, 6) is -0.00412. The molecule has 4 heteroatoms. The van der Waals surface area contributed by atoms with Crippen molar-refractivity contribution in [3.05, 3.63) is 33.9 Å². The molecule has 62 valence electrons. The van der Waals surface area contributed by atoms with E-state index in [0.29, 0.717) is 15.8 Å². The molecule has 2 nitrogen and oxygen atoms in total. The summed E-state index contributed by atoms with van der Waals surface area (Å²) in [6.07, 6.45) is 3.37. The molecule has 1 aromatic rings. The lowest BCUT2D eigenvalue weighted by molar-refractivity contribution is 0.0999. The third kappa shape index (κ3) is 2.31. The maximum atomic E-state index is 11.2. The van der Waals surface area contributed by atoms with E-state index >= 15 is 0 Å². The maximum absolute atomic E-state index is 11.2. The van der Waals surface area contributed by atoms with Crippen molar-refractivity contribution in [3.63, 3.8) is 0 Å². The zero-order chi connectivity index (χ0) is 8.97. The molecular weight excluding hydrogens is 194 g/mol. The molecule has 0 aromatic carbocycles. The van der Waals surface area contributed by atoms with Gasteiger partial charge in [-0.25, -0.2) is 4.98 Å². The van der Waals surface area contributed by atoms with Crippen LogP contribution < -0.4 is 0 Å². The van der Waals surface area contributed by atoms with Crippen LogP contribution in [0.1, 0.15) is 16.1 Å². The van der Waals surface area contributed by atoms with Gasteiger partial charge < -0.3 is 0 Å². The third-order valence-electron chi connectivity index (χ3n) is 1.18. The van der Waals surface area contributed by atoms with Crippen LogP contribution in [-0.4, -0.2) is 10.8 Å². The average Bonchev–Trinajstić information content (AvgIpc) is 2.47. The van der Waals surface area contributed by atoms with Crippen molar-refractivity contribution in [1.29, 1.82) is 0 Å². The zero-order valence-corrected chi connectivity index (χ0v) is 7.78. The van der Waals surface area contributed by atoms with Gasteiger partial charge in [-0.3, -0.25) is 4.79 Å². The standard InChI is InChI=1S/C8H6ClNOS/c1-2-3-4-6(11)7-5-10-8(9)12-7/h3,5H,1,4H2. The lowest BCUT2D eigenvalue weighted by atomic mass is 10.2. The Morgan fingerprint density at radius 3 is 3.17 bits per heavy atom. The Labute approximate surface area is 79.2 Å². The topological polar surface area (TPSA) is 30.0 Å². The summed E-state index contributed by atoms with van der Waals surface area (Å²) in [5.41, 5.74) is 2.53. The smallest absolute Gasteiger partial charge is 0.184 e. The number of ketones is 1. The summed E-state index contributed by atoms with van der Waals surface area (Å²) in [5, 5.41) is 0. The summed E-state index contributed by atoms with van der Waals surface area (Å²) in [7, 11) is 0. The highest BCUT2D eigenvalue weighted by Gasteiger charge is 2.07. The molecule has 0 fully saturated rings. The molecule has 0 bridgehead atoms. The molecule has 0 saturated heterocycles. The average molecular weight is 200 g/mol. The predicted octanol–water partition coefficient (Wildman–Crippen LogP) is 2.71. The van der Waals surface area contributed by atoms with E-state index in [1.807, 2.05) is 0 Å². The highest BCUT2D eigenvalue weighted by Crippen LogP contribution is 2.18. The van der Waals surface area contributed by atoms with Crippen molar-refractivity contribution in [3.8, 4) is 0 Å². The number of aromatic nitrogens is 1. The molecule has 1 heterocycles. The Morgan fingerprint density at radius 1 is 1.92 bits per heavy atom. The molecule has 0 aliphatic heterocycles. The van der Waals surface area contributed by atoms with Crippen molar-refractivity contribution in [2.45, 2.75) is 6.42 Å². The van der Waals surface area contributed by atoms with E-state index in [2.05, 4.69) is 17.3 Å². The first-order valence-electron chi connectivity index (χ1n) is 3.23. The number of thiazole rings is 1. The molecule has 0 unspecified atom stereocenters. The van der Waals surface area contributed by atoms with Gasteiger partial charge in [0.1, 0.15) is 0 Å². The molecule has 0 aliphatic carbocycles. The molecule has 0 N–H and O–H groups in total. The number of halogens is 1. The second kappa shape index (κ2) is 4.21. The first-order chi connectivity index (χ1) is 5.74. The number of nitrogens with zero attached hydrogens (tertiary/aromatic N) is 1. The second-order valence-corrected chi connectivity index (χ2v) is 3.63. The van der Waals surface area contributed by atoms with Gasteiger partial charge in [-0.1, -0.05) is 29.5 Å². The van der Waals surface area contributed by atoms with Gasteiger partial charge in [0.15, 0.2) is 10.3 Å². The number of hydrogen-bond donors (Lipinski definition) is 0. The van der Waals surface area contributed by atoms with Crippen LogP contribution >= 0.6 is 22.9 Å². The number of carbonyl (C=O) groups is 1. The third-order valence-corrected chi connectivity index (χ3v) is 2.34. The van der Waals surface area contributed by atoms with Crippen LogP contribution in [0.5, 0.6) is 0 Å². The van der Waals surface area contributed by atoms with Gasteiger partial charge in [-0.2, -0.15) is 0 Å². The highest BCUT2D eigenvalue weighted by atomic mass is 35.5. The molecule has 0 spiro atoms. The minimum absolute atomic E-state index is 0.00412. The van der Waals surface area contributed by atoms with Crippen molar-refractivity contribution in [1.82, 2.24) is 4.98 Å². The fourth-order valence-electron chi connectivity index (χ4n) is 0.647. The van der Waals surface area contributed by atoms with E-state index < -0.39 is 0 Å². The molecule has 0 saturated carbocycles. The van der Waals surface area contributed by atoms with E-state index in [1.54, 1.807) is 6.08 Å². The van der Waals surface area contributed by atoms with Crippen LogP contribution in [0.2, 0.25) is 4.47 Å². The first kappa shape index (κ1) is 9.20. The van der Waals surface area contributed by atoms with Crippen LogP contribution in [0.3, 0.4) is 0 Å². The molecule has 1 rings (SSSR count). The predicted molar refractivity (Wildman–Crippen MR) is 49.8 cm³/mol. The van der Waals surface area contributed by atoms with Gasteiger partial charge >= 0.3 is 0 Å². The summed E-state index contributed by atoms with van der Waals surface area (Å²) >= 11 is 6.74. The van der Waals surface area contributed by atoms with Gasteiger partial charge in [0.05, 0.1) is 11.1 Å². The molecular formula is C8H6ClNOS. The van der Waals surface area contributed by atoms with Crippen molar-refractivity contribution in [2.24, 2.45) is 0 Å². The van der Waals surface area contributed by atoms with Crippen molar-refractivity contribution < 1.29 is 4.79 Å². The number of Topliss-reactive ketones (excluding diaryl/α,β-unsaturated/α-hetero) is 1. The Morgan fingerprint density at radius 2 is 2.67 bits per heavy atom. The minimum atomic E-state index is -0.00412. The van der Waals surface area contributed by atoms with Crippen LogP contribution in [0.4, 0.5) is 0 Å². The Balaban J connectivity index is 2.71. The first-order valence-corrected chi connectivity index (χ1v) is 4.42. The maximum Gasteiger partial charge on any atom is 0.184 e. The van der Waals surface area contributed by atoms with E-state index in [1.165, 1.54) is 17.5 Å². The van der Waals surface area contributed by atoms with Crippen molar-refractivity contribution >= 4 is 28.7 Å². The summed E-state index contributed by atoms with van der Waals surface area (Å²) in [4.78, 5) is 15.6. The Bertz CT molecular complexity index is 339. The van der Waals surface area contributed by atoms with Gasteiger partial charge in [0.2, 0.25) is 0 Å². The van der Waals surface area contributed by atoms with Crippen LogP contribution in [-0.2, 0) is 0 Å². The monoisotopic (exact) mass is 199 g/mol. The number of carbonyl (C=O) groups excluding carboxylic acids is 1. The number of allylic oxidation sites excluding steroid dienone is 1. The van der Waals surface area contributed by atoms with E-state index in [9.17, 15) is 4.79 Å².